The molecule has 2 aliphatic heterocycles. The molecular formula is C17H23ClN2OS. The SMILES string of the molecule is CC(Sc1ccccc1Cl)C(=O)N1CC[C@@H]2CNC[C@@H]2CC1. The number of thioether (sulfide) groups is 1. The fourth-order valence-electron chi connectivity index (χ4n) is 3.48. The first-order valence-corrected chi connectivity index (χ1v) is 9.31. The van der Waals surface area contributed by atoms with Crippen LogP contribution >= 0.6 is 23.4 Å². The molecule has 2 fully saturated rings. The van der Waals surface area contributed by atoms with Crippen molar-refractivity contribution in [3.8, 4) is 0 Å². The topological polar surface area (TPSA) is 32.3 Å². The maximum Gasteiger partial charge on any atom is 0.235 e. The molecule has 0 bridgehead atoms. The van der Waals surface area contributed by atoms with Gasteiger partial charge in [-0.3, -0.25) is 4.79 Å². The van der Waals surface area contributed by atoms with E-state index < -0.39 is 0 Å². The molecule has 0 spiro atoms. The summed E-state index contributed by atoms with van der Waals surface area (Å²) in [4.78, 5) is 15.8. The number of benzene rings is 1. The number of carbonyl (C=O) groups is 1. The van der Waals surface area contributed by atoms with E-state index >= 15 is 0 Å². The van der Waals surface area contributed by atoms with Crippen molar-refractivity contribution in [1.82, 2.24) is 10.2 Å². The molecule has 1 aromatic carbocycles. The van der Waals surface area contributed by atoms with Crippen LogP contribution in [0.15, 0.2) is 29.2 Å². The molecule has 3 atom stereocenters. The zero-order chi connectivity index (χ0) is 15.5. The minimum absolute atomic E-state index is 0.0871. The lowest BCUT2D eigenvalue weighted by Gasteiger charge is -2.24. The van der Waals surface area contributed by atoms with Gasteiger partial charge < -0.3 is 10.2 Å². The summed E-state index contributed by atoms with van der Waals surface area (Å²) in [6.45, 7) is 6.03. The van der Waals surface area contributed by atoms with Crippen LogP contribution in [-0.4, -0.2) is 42.2 Å². The molecule has 2 heterocycles. The summed E-state index contributed by atoms with van der Waals surface area (Å²) >= 11 is 7.76. The van der Waals surface area contributed by atoms with E-state index in [0.29, 0.717) is 0 Å². The zero-order valence-electron chi connectivity index (χ0n) is 12.9. The average Bonchev–Trinajstić information content (AvgIpc) is 2.87. The van der Waals surface area contributed by atoms with Gasteiger partial charge in [0.1, 0.15) is 0 Å². The number of likely N-dealkylation sites (tertiary alicyclic amines) is 1. The Hall–Kier alpha value is -0.710. The Morgan fingerprint density at radius 2 is 1.91 bits per heavy atom. The minimum atomic E-state index is -0.0871. The number of nitrogens with zero attached hydrogens (tertiary/aromatic N) is 1. The normalized spacial score (nSPS) is 26.4. The van der Waals surface area contributed by atoms with E-state index in [2.05, 4.69) is 10.2 Å². The Morgan fingerprint density at radius 1 is 1.27 bits per heavy atom. The Kier molecular flexibility index (Phi) is 5.32. The number of nitrogens with one attached hydrogen (secondary N) is 1. The quantitative estimate of drug-likeness (QED) is 0.858. The van der Waals surface area contributed by atoms with Gasteiger partial charge in [-0.1, -0.05) is 23.7 Å². The highest BCUT2D eigenvalue weighted by Crippen LogP contribution is 2.32. The fraction of sp³-hybridized carbons (Fsp3) is 0.588. The third kappa shape index (κ3) is 3.61. The summed E-state index contributed by atoms with van der Waals surface area (Å²) in [5.74, 6) is 1.76. The lowest BCUT2D eigenvalue weighted by molar-refractivity contribution is -0.130. The summed E-state index contributed by atoms with van der Waals surface area (Å²) in [5.41, 5.74) is 0. The van der Waals surface area contributed by atoms with Crippen molar-refractivity contribution in [2.24, 2.45) is 11.8 Å². The monoisotopic (exact) mass is 338 g/mol. The smallest absolute Gasteiger partial charge is 0.235 e. The molecule has 1 unspecified atom stereocenters. The van der Waals surface area contributed by atoms with E-state index in [9.17, 15) is 4.79 Å². The highest BCUT2D eigenvalue weighted by atomic mass is 35.5. The molecule has 2 saturated heterocycles. The summed E-state index contributed by atoms with van der Waals surface area (Å²) in [7, 11) is 0. The highest BCUT2D eigenvalue weighted by molar-refractivity contribution is 8.00. The van der Waals surface area contributed by atoms with Crippen LogP contribution < -0.4 is 5.32 Å². The van der Waals surface area contributed by atoms with Crippen molar-refractivity contribution in [3.05, 3.63) is 29.3 Å². The highest BCUT2D eigenvalue weighted by Gasteiger charge is 2.32. The van der Waals surface area contributed by atoms with Gasteiger partial charge in [0, 0.05) is 18.0 Å². The van der Waals surface area contributed by atoms with Crippen LogP contribution in [0.25, 0.3) is 0 Å². The van der Waals surface area contributed by atoms with Crippen molar-refractivity contribution in [3.63, 3.8) is 0 Å². The second-order valence-electron chi connectivity index (χ2n) is 6.27. The molecule has 120 valence electrons. The third-order valence-corrected chi connectivity index (χ3v) is 6.43. The number of amides is 1. The van der Waals surface area contributed by atoms with Gasteiger partial charge in [-0.25, -0.2) is 0 Å². The molecule has 0 aliphatic carbocycles. The third-order valence-electron chi connectivity index (χ3n) is 4.82. The number of hydrogen-bond donors (Lipinski definition) is 1. The van der Waals surface area contributed by atoms with Gasteiger partial charge in [0.25, 0.3) is 0 Å². The van der Waals surface area contributed by atoms with Crippen molar-refractivity contribution in [2.45, 2.75) is 29.9 Å². The Morgan fingerprint density at radius 3 is 2.55 bits per heavy atom. The van der Waals surface area contributed by atoms with Crippen molar-refractivity contribution < 1.29 is 4.79 Å². The maximum atomic E-state index is 12.7. The van der Waals surface area contributed by atoms with E-state index in [4.69, 9.17) is 11.6 Å². The van der Waals surface area contributed by atoms with Crippen LogP contribution in [0, 0.1) is 11.8 Å². The molecule has 3 nitrogen and oxygen atoms in total. The molecule has 0 radical (unpaired) electrons. The standard InChI is InChI=1S/C17H23ClN2OS/c1-12(22-16-5-3-2-4-15(16)18)17(21)20-8-6-13-10-19-11-14(13)7-9-20/h2-5,12-14,19H,6-11H2,1H3/t12?,13-,14+. The molecule has 2 aliphatic rings. The molecule has 5 heteroatoms. The van der Waals surface area contributed by atoms with Crippen molar-refractivity contribution in [1.29, 1.82) is 0 Å². The van der Waals surface area contributed by atoms with Crippen LogP contribution in [0.1, 0.15) is 19.8 Å². The van der Waals surface area contributed by atoms with Crippen LogP contribution in [0.3, 0.4) is 0 Å². The number of rotatable bonds is 3. The molecule has 22 heavy (non-hydrogen) atoms. The molecule has 1 aromatic rings. The minimum Gasteiger partial charge on any atom is -0.342 e. The van der Waals surface area contributed by atoms with E-state index in [1.165, 1.54) is 0 Å². The first kappa shape index (κ1) is 16.2. The zero-order valence-corrected chi connectivity index (χ0v) is 14.5. The molecule has 1 N–H and O–H groups in total. The van der Waals surface area contributed by atoms with Crippen LogP contribution in [0.2, 0.25) is 5.02 Å². The van der Waals surface area contributed by atoms with Crippen molar-refractivity contribution in [2.75, 3.05) is 26.2 Å². The maximum absolute atomic E-state index is 12.7. The fourth-order valence-corrected chi connectivity index (χ4v) is 4.71. The largest absolute Gasteiger partial charge is 0.342 e. The van der Waals surface area contributed by atoms with Gasteiger partial charge in [0.2, 0.25) is 5.91 Å². The average molecular weight is 339 g/mol. The van der Waals surface area contributed by atoms with E-state index in [0.717, 1.165) is 60.8 Å². The number of fused-ring (bicyclic) bond motifs is 1. The lowest BCUT2D eigenvalue weighted by atomic mass is 9.92. The second-order valence-corrected chi connectivity index (χ2v) is 8.06. The van der Waals surface area contributed by atoms with Gasteiger partial charge in [-0.05, 0) is 56.8 Å². The van der Waals surface area contributed by atoms with Crippen LogP contribution in [0.5, 0.6) is 0 Å². The van der Waals surface area contributed by atoms with Gasteiger partial charge in [0.15, 0.2) is 0 Å². The summed E-state index contributed by atoms with van der Waals surface area (Å²) < 4.78 is 0. The Labute approximate surface area is 141 Å². The lowest BCUT2D eigenvalue weighted by Crippen LogP contribution is -2.37. The van der Waals surface area contributed by atoms with Gasteiger partial charge >= 0.3 is 0 Å². The number of halogens is 1. The van der Waals surface area contributed by atoms with E-state index in [1.54, 1.807) is 11.8 Å². The number of carbonyl (C=O) groups excluding carboxylic acids is 1. The molecule has 0 aromatic heterocycles. The Bertz CT molecular complexity index is 525. The van der Waals surface area contributed by atoms with Gasteiger partial charge in [-0.2, -0.15) is 0 Å². The predicted octanol–water partition coefficient (Wildman–Crippen LogP) is 3.28. The van der Waals surface area contributed by atoms with Crippen LogP contribution in [0.4, 0.5) is 0 Å². The summed E-state index contributed by atoms with van der Waals surface area (Å²) in [6, 6.07) is 7.74. The van der Waals surface area contributed by atoms with Crippen molar-refractivity contribution >= 4 is 29.3 Å². The molecular weight excluding hydrogens is 316 g/mol. The molecule has 1 amide bonds. The first-order valence-electron chi connectivity index (χ1n) is 8.06. The molecule has 3 rings (SSSR count). The predicted molar refractivity (Wildman–Crippen MR) is 92.4 cm³/mol. The van der Waals surface area contributed by atoms with Gasteiger partial charge in [0.05, 0.1) is 10.3 Å². The van der Waals surface area contributed by atoms with E-state index in [-0.39, 0.29) is 11.2 Å². The van der Waals surface area contributed by atoms with Crippen LogP contribution in [-0.2, 0) is 4.79 Å². The second kappa shape index (κ2) is 7.24. The summed E-state index contributed by atoms with van der Waals surface area (Å²) in [5, 5.41) is 4.11. The van der Waals surface area contributed by atoms with Gasteiger partial charge in [-0.15, -0.1) is 11.8 Å². The first-order chi connectivity index (χ1) is 10.6. The molecule has 0 saturated carbocycles. The number of hydrogen-bond acceptors (Lipinski definition) is 3. The Balaban J connectivity index is 1.60. The van der Waals surface area contributed by atoms with E-state index in [1.807, 2.05) is 31.2 Å². The summed E-state index contributed by atoms with van der Waals surface area (Å²) in [6.07, 6.45) is 2.26.